The van der Waals surface area contributed by atoms with Crippen LogP contribution in [0.2, 0.25) is 0 Å². The third-order valence-corrected chi connectivity index (χ3v) is 2.19. The smallest absolute Gasteiger partial charge is 0.372 e. The van der Waals surface area contributed by atoms with E-state index in [1.165, 1.54) is 6.92 Å². The van der Waals surface area contributed by atoms with Crippen LogP contribution in [0.15, 0.2) is 0 Å². The minimum absolute atomic E-state index is 0.00748. The Morgan fingerprint density at radius 3 is 1.77 bits per heavy atom. The lowest BCUT2D eigenvalue weighted by atomic mass is 10.2. The number of carboxylic acids is 1. The van der Waals surface area contributed by atoms with E-state index in [0.717, 1.165) is 0 Å². The minimum atomic E-state index is -1.56. The van der Waals surface area contributed by atoms with Crippen LogP contribution in [0.1, 0.15) is 19.8 Å². The first-order chi connectivity index (χ1) is 10.4. The Labute approximate surface area is 127 Å². The summed E-state index contributed by atoms with van der Waals surface area (Å²) in [4.78, 5) is 42.5. The quantitative estimate of drug-likeness (QED) is 0.273. The van der Waals surface area contributed by atoms with E-state index in [2.05, 4.69) is 4.74 Å². The lowest BCUT2D eigenvalue weighted by Crippen LogP contribution is -2.17. The van der Waals surface area contributed by atoms with Gasteiger partial charge in [-0.15, -0.1) is 0 Å². The fourth-order valence-electron chi connectivity index (χ4n) is 1.18. The lowest BCUT2D eigenvalue weighted by molar-refractivity contribution is -0.151. The van der Waals surface area contributed by atoms with Gasteiger partial charge in [0.1, 0.15) is 13.2 Å². The number of Topliss-reactive ketones (excluding diaryl/α,β-unsaturated/α-hetero) is 1. The summed E-state index contributed by atoms with van der Waals surface area (Å²) >= 11 is 0. The molecular weight excluding hydrogens is 300 g/mol. The molecule has 0 bridgehead atoms. The largest absolute Gasteiger partial charge is 0.476 e. The number of hydrogen-bond acceptors (Lipinski definition) is 8. The first-order valence-corrected chi connectivity index (χ1v) is 6.64. The van der Waals surface area contributed by atoms with E-state index in [1.807, 2.05) is 0 Å². The van der Waals surface area contributed by atoms with Gasteiger partial charge in [-0.1, -0.05) is 0 Å². The zero-order chi connectivity index (χ0) is 16.8. The van der Waals surface area contributed by atoms with Gasteiger partial charge in [-0.05, 0) is 0 Å². The van der Waals surface area contributed by atoms with Gasteiger partial charge in [-0.25, -0.2) is 4.79 Å². The normalized spacial score (nSPS) is 10.0. The number of ketones is 1. The van der Waals surface area contributed by atoms with E-state index in [0.29, 0.717) is 6.61 Å². The molecule has 1 N–H and O–H groups in total. The molecule has 0 spiro atoms. The van der Waals surface area contributed by atoms with E-state index in [4.69, 9.17) is 19.3 Å². The van der Waals surface area contributed by atoms with Crippen molar-refractivity contribution < 1.29 is 43.2 Å². The Hall–Kier alpha value is -2.00. The molecule has 0 aromatic carbocycles. The number of carbonyl (C=O) groups is 4. The van der Waals surface area contributed by atoms with Crippen LogP contribution in [0.3, 0.4) is 0 Å². The van der Waals surface area contributed by atoms with E-state index >= 15 is 0 Å². The molecule has 0 heterocycles. The van der Waals surface area contributed by atoms with Crippen molar-refractivity contribution in [3.8, 4) is 0 Å². The van der Waals surface area contributed by atoms with E-state index < -0.39 is 17.7 Å². The third kappa shape index (κ3) is 13.0. The van der Waals surface area contributed by atoms with Gasteiger partial charge in [0, 0.05) is 13.3 Å². The topological polar surface area (TPSA) is 125 Å². The molecule has 0 aliphatic carbocycles. The zero-order valence-electron chi connectivity index (χ0n) is 12.4. The molecule has 0 saturated carbocycles. The first kappa shape index (κ1) is 20.0. The van der Waals surface area contributed by atoms with E-state index in [9.17, 15) is 19.2 Å². The molecular formula is C13H20O9. The number of carbonyl (C=O) groups excluding carboxylic acids is 3. The summed E-state index contributed by atoms with van der Waals surface area (Å²) in [5, 5.41) is 8.31. The molecule has 0 radical (unpaired) electrons. The van der Waals surface area contributed by atoms with Crippen molar-refractivity contribution >= 4 is 23.7 Å². The third-order valence-electron chi connectivity index (χ3n) is 2.19. The molecule has 0 rings (SSSR count). The molecule has 0 fully saturated rings. The molecule has 0 aliphatic rings. The maximum Gasteiger partial charge on any atom is 0.372 e. The maximum absolute atomic E-state index is 11.1. The minimum Gasteiger partial charge on any atom is -0.476 e. The molecule has 126 valence electrons. The van der Waals surface area contributed by atoms with Crippen molar-refractivity contribution in [2.24, 2.45) is 0 Å². The van der Waals surface area contributed by atoms with Gasteiger partial charge in [0.25, 0.3) is 0 Å². The number of carboxylic acid groups (broad SMARTS) is 1. The SMILES string of the molecule is CC(=O)OCCOCCOCCOC(=O)CCC(=O)C(=O)O. The Morgan fingerprint density at radius 2 is 1.27 bits per heavy atom. The fraction of sp³-hybridized carbons (Fsp3) is 0.692. The molecule has 0 amide bonds. The summed E-state index contributed by atoms with van der Waals surface area (Å²) in [5.41, 5.74) is 0. The standard InChI is InChI=1S/C13H20O9/c1-10(14)21-8-6-19-4-5-20-7-9-22-12(16)3-2-11(15)13(17)18/h2-9H2,1H3,(H,17,18). The predicted octanol–water partition coefficient (Wildman–Crippen LogP) is -0.440. The molecule has 0 aliphatic heterocycles. The van der Waals surface area contributed by atoms with E-state index in [1.54, 1.807) is 0 Å². The van der Waals surface area contributed by atoms with Crippen LogP contribution < -0.4 is 0 Å². The van der Waals surface area contributed by atoms with Crippen LogP contribution >= 0.6 is 0 Å². The molecule has 22 heavy (non-hydrogen) atoms. The van der Waals surface area contributed by atoms with Gasteiger partial charge < -0.3 is 24.1 Å². The summed E-state index contributed by atoms with van der Waals surface area (Å²) in [6.07, 6.45) is -0.657. The fourth-order valence-corrected chi connectivity index (χ4v) is 1.18. The molecule has 9 nitrogen and oxygen atoms in total. The number of aliphatic carboxylic acids is 1. The molecule has 0 unspecified atom stereocenters. The van der Waals surface area contributed by atoms with Crippen LogP contribution in [0.5, 0.6) is 0 Å². The summed E-state index contributed by atoms with van der Waals surface area (Å²) in [6, 6.07) is 0. The number of esters is 2. The number of hydrogen-bond donors (Lipinski definition) is 1. The van der Waals surface area contributed by atoms with E-state index in [-0.39, 0.29) is 51.8 Å². The molecule has 0 aromatic rings. The van der Waals surface area contributed by atoms with Gasteiger partial charge in [0.15, 0.2) is 0 Å². The summed E-state index contributed by atoms with van der Waals surface area (Å²) in [6.45, 7) is 2.52. The van der Waals surface area contributed by atoms with Crippen molar-refractivity contribution in [1.82, 2.24) is 0 Å². The second kappa shape index (κ2) is 12.7. The van der Waals surface area contributed by atoms with Gasteiger partial charge in [0.05, 0.1) is 32.8 Å². The summed E-state index contributed by atoms with van der Waals surface area (Å²) in [7, 11) is 0. The van der Waals surface area contributed by atoms with Gasteiger partial charge in [-0.3, -0.25) is 14.4 Å². The predicted molar refractivity (Wildman–Crippen MR) is 71.1 cm³/mol. The Bertz CT molecular complexity index is 378. The Kier molecular flexibility index (Phi) is 11.6. The van der Waals surface area contributed by atoms with Crippen molar-refractivity contribution in [1.29, 1.82) is 0 Å². The van der Waals surface area contributed by atoms with Gasteiger partial charge in [0.2, 0.25) is 5.78 Å². The second-order valence-corrected chi connectivity index (χ2v) is 4.01. The zero-order valence-corrected chi connectivity index (χ0v) is 12.4. The Balaban J connectivity index is 3.32. The summed E-state index contributed by atoms with van der Waals surface area (Å²) < 4.78 is 19.6. The average molecular weight is 320 g/mol. The highest BCUT2D eigenvalue weighted by Crippen LogP contribution is 1.95. The van der Waals surface area contributed by atoms with Crippen molar-refractivity contribution in [2.45, 2.75) is 19.8 Å². The Morgan fingerprint density at radius 1 is 0.773 bits per heavy atom. The molecule has 0 atom stereocenters. The van der Waals surface area contributed by atoms with Crippen molar-refractivity contribution in [3.63, 3.8) is 0 Å². The highest BCUT2D eigenvalue weighted by Gasteiger charge is 2.13. The highest BCUT2D eigenvalue weighted by atomic mass is 16.6. The molecule has 9 heteroatoms. The monoisotopic (exact) mass is 320 g/mol. The maximum atomic E-state index is 11.1. The molecule has 0 aromatic heterocycles. The molecule has 0 saturated heterocycles. The number of rotatable bonds is 13. The number of ether oxygens (including phenoxy) is 4. The van der Waals surface area contributed by atoms with Crippen LogP contribution in [-0.4, -0.2) is 68.4 Å². The highest BCUT2D eigenvalue weighted by molar-refractivity contribution is 6.32. The van der Waals surface area contributed by atoms with Crippen LogP contribution in [0.4, 0.5) is 0 Å². The van der Waals surface area contributed by atoms with Gasteiger partial charge >= 0.3 is 17.9 Å². The van der Waals surface area contributed by atoms with Crippen LogP contribution in [0, 0.1) is 0 Å². The second-order valence-electron chi connectivity index (χ2n) is 4.01. The van der Waals surface area contributed by atoms with Crippen LogP contribution in [-0.2, 0) is 38.1 Å². The van der Waals surface area contributed by atoms with Gasteiger partial charge in [-0.2, -0.15) is 0 Å². The van der Waals surface area contributed by atoms with Crippen LogP contribution in [0.25, 0.3) is 0 Å². The first-order valence-electron chi connectivity index (χ1n) is 6.64. The van der Waals surface area contributed by atoms with Crippen molar-refractivity contribution in [2.75, 3.05) is 39.6 Å². The lowest BCUT2D eigenvalue weighted by Gasteiger charge is -2.07. The summed E-state index contributed by atoms with van der Waals surface area (Å²) in [5.74, 6) is -3.62. The average Bonchev–Trinajstić information content (AvgIpc) is 2.46. The van der Waals surface area contributed by atoms with Crippen molar-refractivity contribution in [3.05, 3.63) is 0 Å².